The molecule has 0 unspecified atom stereocenters. The summed E-state index contributed by atoms with van der Waals surface area (Å²) in [6, 6.07) is 1.39. The smallest absolute Gasteiger partial charge is 0.351 e. The average Bonchev–Trinajstić information content (AvgIpc) is 2.75. The maximum atomic E-state index is 12.0. The van der Waals surface area contributed by atoms with Gasteiger partial charge in [0, 0.05) is 12.6 Å². The van der Waals surface area contributed by atoms with Crippen LogP contribution >= 0.6 is 0 Å². The van der Waals surface area contributed by atoms with Crippen molar-refractivity contribution >= 4 is 11.7 Å². The van der Waals surface area contributed by atoms with E-state index in [0.29, 0.717) is 12.8 Å². The lowest BCUT2D eigenvalue weighted by Gasteiger charge is -2.17. The fraction of sp³-hybridized carbons (Fsp3) is 0.615. The van der Waals surface area contributed by atoms with Gasteiger partial charge in [-0.25, -0.2) is 4.79 Å². The number of aliphatic hydroxyl groups excluding tert-OH is 3. The summed E-state index contributed by atoms with van der Waals surface area (Å²) in [5.41, 5.74) is -0.746. The third kappa shape index (κ3) is 3.33. The molecule has 2 heterocycles. The molecule has 9 heteroatoms. The van der Waals surface area contributed by atoms with Crippen LogP contribution in [0.25, 0.3) is 0 Å². The standard InChI is InChI=1S/C13H19N3O6/c1-2-3-9(18)14-8-4-5-16(13(21)15-8)12-11(20)10(19)7(6-17)22-12/h4-5,7,10-12,17,19-20H,2-3,6H2,1H3,(H,14,15,18,21)/t7-,10+,11+,12-/m1/s1. The minimum Gasteiger partial charge on any atom is -0.394 e. The molecule has 0 bridgehead atoms. The van der Waals surface area contributed by atoms with Crippen molar-refractivity contribution in [1.82, 2.24) is 9.55 Å². The monoisotopic (exact) mass is 313 g/mol. The van der Waals surface area contributed by atoms with E-state index in [1.165, 1.54) is 12.3 Å². The Morgan fingerprint density at radius 1 is 1.45 bits per heavy atom. The second kappa shape index (κ2) is 6.97. The van der Waals surface area contributed by atoms with Gasteiger partial charge in [0.25, 0.3) is 0 Å². The molecule has 1 aromatic rings. The molecule has 0 aliphatic carbocycles. The Morgan fingerprint density at radius 2 is 2.18 bits per heavy atom. The molecule has 122 valence electrons. The molecule has 1 aliphatic heterocycles. The summed E-state index contributed by atoms with van der Waals surface area (Å²) in [7, 11) is 0. The van der Waals surface area contributed by atoms with Crippen molar-refractivity contribution in [3.63, 3.8) is 0 Å². The molecule has 22 heavy (non-hydrogen) atoms. The molecule has 0 spiro atoms. The van der Waals surface area contributed by atoms with Gasteiger partial charge in [-0.15, -0.1) is 0 Å². The van der Waals surface area contributed by atoms with Gasteiger partial charge in [-0.2, -0.15) is 4.98 Å². The van der Waals surface area contributed by atoms with Gasteiger partial charge < -0.3 is 25.4 Å². The maximum Gasteiger partial charge on any atom is 0.351 e. The Morgan fingerprint density at radius 3 is 2.73 bits per heavy atom. The lowest BCUT2D eigenvalue weighted by molar-refractivity contribution is -0.116. The van der Waals surface area contributed by atoms with Gasteiger partial charge in [-0.3, -0.25) is 9.36 Å². The largest absolute Gasteiger partial charge is 0.394 e. The Labute approximate surface area is 126 Å². The van der Waals surface area contributed by atoms with Gasteiger partial charge in [0.2, 0.25) is 5.91 Å². The predicted octanol–water partition coefficient (Wildman–Crippen LogP) is -1.41. The van der Waals surface area contributed by atoms with Crippen LogP contribution in [0.4, 0.5) is 5.82 Å². The highest BCUT2D eigenvalue weighted by atomic mass is 16.6. The molecule has 2 rings (SSSR count). The highest BCUT2D eigenvalue weighted by Crippen LogP contribution is 2.28. The first-order valence-electron chi connectivity index (χ1n) is 6.99. The summed E-state index contributed by atoms with van der Waals surface area (Å²) in [6.07, 6.45) is -2.49. The fourth-order valence-electron chi connectivity index (χ4n) is 2.22. The number of carbonyl (C=O) groups is 1. The number of aromatic nitrogens is 2. The number of nitrogens with one attached hydrogen (secondary N) is 1. The number of anilines is 1. The molecule has 0 saturated carbocycles. The van der Waals surface area contributed by atoms with Crippen molar-refractivity contribution in [2.24, 2.45) is 0 Å². The number of hydrogen-bond donors (Lipinski definition) is 4. The van der Waals surface area contributed by atoms with E-state index >= 15 is 0 Å². The number of ether oxygens (including phenoxy) is 1. The predicted molar refractivity (Wildman–Crippen MR) is 75.0 cm³/mol. The summed E-state index contributed by atoms with van der Waals surface area (Å²) in [6.45, 7) is 1.37. The summed E-state index contributed by atoms with van der Waals surface area (Å²) >= 11 is 0. The van der Waals surface area contributed by atoms with Crippen LogP contribution < -0.4 is 11.0 Å². The van der Waals surface area contributed by atoms with Crippen LogP contribution in [-0.4, -0.2) is 55.7 Å². The SMILES string of the molecule is CCCC(=O)Nc1ccn([C@@H]2O[C@H](CO)[C@H](O)[C@@H]2O)c(=O)n1. The van der Waals surface area contributed by atoms with E-state index in [1.807, 2.05) is 6.92 Å². The van der Waals surface area contributed by atoms with Crippen molar-refractivity contribution in [2.45, 2.75) is 44.3 Å². The van der Waals surface area contributed by atoms with E-state index in [2.05, 4.69) is 10.3 Å². The quantitative estimate of drug-likeness (QED) is 0.525. The molecule has 1 aromatic heterocycles. The molecular weight excluding hydrogens is 294 g/mol. The van der Waals surface area contributed by atoms with Crippen LogP contribution in [0, 0.1) is 0 Å². The van der Waals surface area contributed by atoms with Crippen molar-refractivity contribution in [2.75, 3.05) is 11.9 Å². The molecule has 4 atom stereocenters. The molecule has 9 nitrogen and oxygen atoms in total. The summed E-state index contributed by atoms with van der Waals surface area (Å²) in [5.74, 6) is -0.147. The van der Waals surface area contributed by atoms with E-state index < -0.39 is 36.8 Å². The molecule has 0 aromatic carbocycles. The molecule has 0 radical (unpaired) electrons. The van der Waals surface area contributed by atoms with Gasteiger partial charge in [0.1, 0.15) is 24.1 Å². The number of nitrogens with zero attached hydrogens (tertiary/aromatic N) is 2. The highest BCUT2D eigenvalue weighted by Gasteiger charge is 2.43. The van der Waals surface area contributed by atoms with Gasteiger partial charge in [0.05, 0.1) is 6.61 Å². The van der Waals surface area contributed by atoms with Crippen LogP contribution in [-0.2, 0) is 9.53 Å². The first-order chi connectivity index (χ1) is 10.5. The van der Waals surface area contributed by atoms with Crippen LogP contribution in [0.15, 0.2) is 17.1 Å². The zero-order valence-corrected chi connectivity index (χ0v) is 12.0. The van der Waals surface area contributed by atoms with Crippen LogP contribution in [0.2, 0.25) is 0 Å². The zero-order valence-electron chi connectivity index (χ0n) is 12.0. The number of aliphatic hydroxyl groups is 3. The first kappa shape index (κ1) is 16.6. The third-order valence-electron chi connectivity index (χ3n) is 3.37. The number of hydrogen-bond acceptors (Lipinski definition) is 7. The second-order valence-electron chi connectivity index (χ2n) is 5.03. The molecule has 1 amide bonds. The van der Waals surface area contributed by atoms with Crippen LogP contribution in [0.5, 0.6) is 0 Å². The lowest BCUT2D eigenvalue weighted by atomic mass is 10.1. The number of amides is 1. The Hall–Kier alpha value is -1.81. The molecule has 1 saturated heterocycles. The van der Waals surface area contributed by atoms with Gasteiger partial charge in [0.15, 0.2) is 6.23 Å². The second-order valence-corrected chi connectivity index (χ2v) is 5.03. The first-order valence-corrected chi connectivity index (χ1v) is 6.99. The van der Waals surface area contributed by atoms with Gasteiger partial charge >= 0.3 is 5.69 Å². The summed E-state index contributed by atoms with van der Waals surface area (Å²) in [5, 5.41) is 31.1. The van der Waals surface area contributed by atoms with E-state index in [9.17, 15) is 19.8 Å². The van der Waals surface area contributed by atoms with Gasteiger partial charge in [-0.1, -0.05) is 6.92 Å². The van der Waals surface area contributed by atoms with Crippen LogP contribution in [0.3, 0.4) is 0 Å². The molecule has 1 aliphatic rings. The number of carbonyl (C=O) groups excluding carboxylic acids is 1. The third-order valence-corrected chi connectivity index (χ3v) is 3.37. The average molecular weight is 313 g/mol. The van der Waals surface area contributed by atoms with Gasteiger partial charge in [-0.05, 0) is 12.5 Å². The Bertz CT molecular complexity index is 589. The van der Waals surface area contributed by atoms with E-state index in [0.717, 1.165) is 4.57 Å². The van der Waals surface area contributed by atoms with E-state index in [-0.39, 0.29) is 11.7 Å². The summed E-state index contributed by atoms with van der Waals surface area (Å²) < 4.78 is 6.25. The maximum absolute atomic E-state index is 12.0. The Balaban J connectivity index is 2.17. The Kier molecular flexibility index (Phi) is 5.24. The molecular formula is C13H19N3O6. The van der Waals surface area contributed by atoms with Crippen LogP contribution in [0.1, 0.15) is 26.0 Å². The van der Waals surface area contributed by atoms with E-state index in [1.54, 1.807) is 0 Å². The van der Waals surface area contributed by atoms with E-state index in [4.69, 9.17) is 9.84 Å². The highest BCUT2D eigenvalue weighted by molar-refractivity contribution is 5.89. The van der Waals surface area contributed by atoms with Crippen molar-refractivity contribution < 1.29 is 24.9 Å². The fourth-order valence-corrected chi connectivity index (χ4v) is 2.22. The van der Waals surface area contributed by atoms with Crippen molar-refractivity contribution in [3.8, 4) is 0 Å². The number of rotatable bonds is 5. The van der Waals surface area contributed by atoms with Crippen molar-refractivity contribution in [3.05, 3.63) is 22.7 Å². The van der Waals surface area contributed by atoms with Crippen molar-refractivity contribution in [1.29, 1.82) is 0 Å². The minimum atomic E-state index is -1.36. The normalized spacial score (nSPS) is 27.8. The topological polar surface area (TPSA) is 134 Å². The minimum absolute atomic E-state index is 0.103. The summed E-state index contributed by atoms with van der Waals surface area (Å²) in [4.78, 5) is 27.1. The lowest BCUT2D eigenvalue weighted by Crippen LogP contribution is -2.36. The molecule has 1 fully saturated rings. The zero-order chi connectivity index (χ0) is 16.3. The molecule has 4 N–H and O–H groups in total.